The Hall–Kier alpha value is 0.609. The normalized spacial score (nSPS) is 0. The second-order valence-electron chi connectivity index (χ2n) is 0. The van der Waals surface area contributed by atoms with E-state index >= 15 is 0 Å². The third-order valence-corrected chi connectivity index (χ3v) is 0. The average Bonchev–Trinajstić information content (AvgIpc) is 0. The van der Waals surface area contributed by atoms with Crippen molar-refractivity contribution in [2.75, 3.05) is 0 Å². The third-order valence-electron chi connectivity index (χ3n) is 0. The van der Waals surface area contributed by atoms with Crippen molar-refractivity contribution in [1.82, 2.24) is 0 Å². The van der Waals surface area contributed by atoms with Crippen molar-refractivity contribution < 1.29 is 65.7 Å². The molecule has 14 heteroatoms. The van der Waals surface area contributed by atoms with E-state index in [0.717, 1.165) is 0 Å². The maximum absolute atomic E-state index is 0. The fourth-order valence-electron chi connectivity index (χ4n) is 0. The Kier molecular flexibility index (Phi) is 3050000. The van der Waals surface area contributed by atoms with Crippen LogP contribution in [0.4, 0.5) is 0 Å². The Morgan fingerprint density at radius 3 is 0.214 bits per heavy atom. The van der Waals surface area contributed by atoms with Crippen LogP contribution < -0.4 is 0 Å². The molecule has 0 aliphatic carbocycles. The monoisotopic (exact) mass is 374 g/mol. The van der Waals surface area contributed by atoms with Crippen molar-refractivity contribution in [2.45, 2.75) is 0 Å². The van der Waals surface area contributed by atoms with Crippen molar-refractivity contribution in [1.29, 1.82) is 0 Å². The summed E-state index contributed by atoms with van der Waals surface area (Å²) in [6.45, 7) is 0. The molecule has 0 spiro atoms. The molecule has 0 rings (SSSR count). The Morgan fingerprint density at radius 2 is 0.214 bits per heavy atom. The topological polar surface area (TPSA) is 378 Å². The minimum atomic E-state index is 0. The van der Waals surface area contributed by atoms with E-state index in [2.05, 4.69) is 0 Å². The van der Waals surface area contributed by atoms with Gasteiger partial charge in [0.2, 0.25) is 0 Å². The number of rotatable bonds is 0. The van der Waals surface area contributed by atoms with Crippen LogP contribution in [-0.4, -0.2) is 89.6 Å². The molecular formula is H27ClO12Sn. The van der Waals surface area contributed by atoms with Crippen LogP contribution in [0.15, 0.2) is 0 Å². The summed E-state index contributed by atoms with van der Waals surface area (Å²) >= 11 is 0. The summed E-state index contributed by atoms with van der Waals surface area (Å²) in [4.78, 5) is 0. The molecule has 24 N–H and O–H groups in total. The zero-order valence-corrected chi connectivity index (χ0v) is 12.0. The fourth-order valence-corrected chi connectivity index (χ4v) is 0. The van der Waals surface area contributed by atoms with Gasteiger partial charge in [0.25, 0.3) is 0 Å². The molecule has 0 aromatic carbocycles. The third kappa shape index (κ3) is 4590. The van der Waals surface area contributed by atoms with Crippen molar-refractivity contribution >= 4 is 36.3 Å². The number of hydrogen-bond donors (Lipinski definition) is 0. The van der Waals surface area contributed by atoms with Crippen molar-refractivity contribution in [3.8, 4) is 0 Å². The summed E-state index contributed by atoms with van der Waals surface area (Å²) in [6.07, 6.45) is 0. The van der Waals surface area contributed by atoms with E-state index in [4.69, 9.17) is 0 Å². The van der Waals surface area contributed by atoms with Gasteiger partial charge in [-0.15, -0.1) is 12.4 Å². The molecule has 12 nitrogen and oxygen atoms in total. The maximum atomic E-state index is 0. The molecule has 0 heterocycles. The summed E-state index contributed by atoms with van der Waals surface area (Å²) < 4.78 is 0. The first-order chi connectivity index (χ1) is 0. The van der Waals surface area contributed by atoms with Crippen molar-refractivity contribution in [3.63, 3.8) is 0 Å². The van der Waals surface area contributed by atoms with Crippen LogP contribution in [0.5, 0.6) is 0 Å². The van der Waals surface area contributed by atoms with Gasteiger partial charge in [0, 0.05) is 0 Å². The Morgan fingerprint density at radius 1 is 0.214 bits per heavy atom. The van der Waals surface area contributed by atoms with E-state index in [-0.39, 0.29) is 102 Å². The molecule has 0 atom stereocenters. The summed E-state index contributed by atoms with van der Waals surface area (Å²) in [5, 5.41) is 0. The average molecular weight is 373 g/mol. The molecular weight excluding hydrogens is 346 g/mol. The van der Waals surface area contributed by atoms with Gasteiger partial charge < -0.3 is 65.7 Å². The van der Waals surface area contributed by atoms with Crippen LogP contribution in [0.3, 0.4) is 0 Å². The van der Waals surface area contributed by atoms with Crippen molar-refractivity contribution in [2.24, 2.45) is 0 Å². The predicted molar refractivity (Wildman–Crippen MR) is 59.2 cm³/mol. The van der Waals surface area contributed by atoms with E-state index in [1.807, 2.05) is 0 Å². The minimum absolute atomic E-state index is 0. The van der Waals surface area contributed by atoms with Crippen LogP contribution in [0.2, 0.25) is 0 Å². The standard InChI is InChI=1S/ClH.12H2O.Sn.2H/h1H;12*1H2;;;. The van der Waals surface area contributed by atoms with Gasteiger partial charge in [-0.05, 0) is 0 Å². The SMILES string of the molecule is Cl.O.O.O.O.O.O.O.O.O.O.O.O.[SnH2]. The molecule has 0 aliphatic heterocycles. The summed E-state index contributed by atoms with van der Waals surface area (Å²) in [6, 6.07) is 0. The summed E-state index contributed by atoms with van der Waals surface area (Å²) in [7, 11) is 0. The zero-order chi connectivity index (χ0) is 0. The Labute approximate surface area is 102 Å². The molecule has 0 amide bonds. The van der Waals surface area contributed by atoms with Crippen LogP contribution in [0.1, 0.15) is 0 Å². The van der Waals surface area contributed by atoms with Crippen molar-refractivity contribution in [3.05, 3.63) is 0 Å². The van der Waals surface area contributed by atoms with Gasteiger partial charge in [0.1, 0.15) is 0 Å². The molecule has 2 radical (unpaired) electrons. The molecule has 110 valence electrons. The molecule has 0 bridgehead atoms. The predicted octanol–water partition coefficient (Wildman–Crippen LogP) is -10.4. The first kappa shape index (κ1) is 7300. The zero-order valence-electron chi connectivity index (χ0n) is 7.12. The van der Waals surface area contributed by atoms with Crippen LogP contribution in [-0.2, 0) is 0 Å². The molecule has 0 aromatic rings. The summed E-state index contributed by atoms with van der Waals surface area (Å²) in [5.74, 6) is 0. The second kappa shape index (κ2) is 5840. The van der Waals surface area contributed by atoms with Gasteiger partial charge in [0.05, 0.1) is 0 Å². The van der Waals surface area contributed by atoms with E-state index in [1.165, 1.54) is 0 Å². The van der Waals surface area contributed by atoms with E-state index in [1.54, 1.807) is 0 Å². The van der Waals surface area contributed by atoms with Gasteiger partial charge in [-0.2, -0.15) is 0 Å². The second-order valence-corrected chi connectivity index (χ2v) is 0. The fraction of sp³-hybridized carbons (Fsp3) is 0. The Bertz CT molecular complexity index is 10.3. The molecule has 0 unspecified atom stereocenters. The van der Waals surface area contributed by atoms with Gasteiger partial charge in [-0.1, -0.05) is 0 Å². The molecule has 0 saturated carbocycles. The van der Waals surface area contributed by atoms with Crippen LogP contribution in [0.25, 0.3) is 0 Å². The van der Waals surface area contributed by atoms with E-state index < -0.39 is 0 Å². The molecule has 14 heavy (non-hydrogen) atoms. The van der Waals surface area contributed by atoms with E-state index in [9.17, 15) is 0 Å². The summed E-state index contributed by atoms with van der Waals surface area (Å²) in [5.41, 5.74) is 0. The number of hydrogen-bond acceptors (Lipinski definition) is 0. The van der Waals surface area contributed by atoms with Gasteiger partial charge in [-0.25, -0.2) is 0 Å². The molecule has 0 aliphatic rings. The molecule has 0 aromatic heterocycles. The van der Waals surface area contributed by atoms with Crippen LogP contribution in [0, 0.1) is 0 Å². The quantitative estimate of drug-likeness (QED) is 0.356. The van der Waals surface area contributed by atoms with Gasteiger partial charge in [-0.3, -0.25) is 0 Å². The molecule has 0 fully saturated rings. The van der Waals surface area contributed by atoms with Crippen LogP contribution >= 0.6 is 12.4 Å². The first-order valence-corrected chi connectivity index (χ1v) is 0. The molecule has 0 saturated heterocycles. The Balaban J connectivity index is 0. The first-order valence-electron chi connectivity index (χ1n) is 0. The number of halogens is 1. The van der Waals surface area contributed by atoms with Gasteiger partial charge in [0.15, 0.2) is 0 Å². The van der Waals surface area contributed by atoms with E-state index in [0.29, 0.717) is 0 Å². The van der Waals surface area contributed by atoms with Gasteiger partial charge >= 0.3 is 23.9 Å².